The molecule has 0 bridgehead atoms. The van der Waals surface area contributed by atoms with E-state index in [1.807, 2.05) is 0 Å². The third kappa shape index (κ3) is 3.87. The molecule has 0 unspecified atom stereocenters. The van der Waals surface area contributed by atoms with Crippen molar-refractivity contribution in [3.05, 3.63) is 53.4 Å². The molecule has 0 saturated heterocycles. The van der Waals surface area contributed by atoms with Gasteiger partial charge in [-0.15, -0.1) is 4.91 Å². The molecule has 0 spiro atoms. The number of nitrogens with zero attached hydrogens (tertiary/aromatic N) is 1. The van der Waals surface area contributed by atoms with E-state index in [9.17, 15) is 13.3 Å². The van der Waals surface area contributed by atoms with Crippen molar-refractivity contribution in [2.45, 2.75) is 17.7 Å². The zero-order valence-corrected chi connectivity index (χ0v) is 13.2. The predicted octanol–water partition coefficient (Wildman–Crippen LogP) is 3.71. The lowest BCUT2D eigenvalue weighted by molar-refractivity contribution is 0.601. The summed E-state index contributed by atoms with van der Waals surface area (Å²) in [6.07, 6.45) is 2.40. The van der Waals surface area contributed by atoms with Gasteiger partial charge in [0, 0.05) is 6.54 Å². The van der Waals surface area contributed by atoms with Crippen molar-refractivity contribution >= 4 is 27.1 Å². The average Bonchev–Trinajstić information content (AvgIpc) is 3.38. The molecule has 7 heteroatoms. The quantitative estimate of drug-likeness (QED) is 0.757. The molecule has 0 radical (unpaired) electrons. The molecule has 1 saturated carbocycles. The molecule has 3 rings (SSSR count). The lowest BCUT2D eigenvalue weighted by atomic mass is 10.2. The van der Waals surface area contributed by atoms with E-state index in [-0.39, 0.29) is 10.6 Å². The van der Waals surface area contributed by atoms with Crippen LogP contribution in [0.3, 0.4) is 0 Å². The molecule has 1 aliphatic rings. The summed E-state index contributed by atoms with van der Waals surface area (Å²) >= 11 is 0. The first kappa shape index (κ1) is 15.5. The molecule has 6 nitrogen and oxygen atoms in total. The maximum absolute atomic E-state index is 12.3. The van der Waals surface area contributed by atoms with E-state index in [1.165, 1.54) is 31.0 Å². The van der Waals surface area contributed by atoms with Gasteiger partial charge >= 0.3 is 0 Å². The third-order valence-electron chi connectivity index (χ3n) is 3.68. The minimum absolute atomic E-state index is 0.163. The summed E-state index contributed by atoms with van der Waals surface area (Å²) in [5.74, 6) is 0.658. The van der Waals surface area contributed by atoms with Crippen LogP contribution in [0.15, 0.2) is 58.6 Å². The molecule has 0 aromatic heterocycles. The smallest absolute Gasteiger partial charge is 0.261 e. The lowest BCUT2D eigenvalue weighted by Crippen LogP contribution is -2.12. The van der Waals surface area contributed by atoms with Gasteiger partial charge in [-0.2, -0.15) is 0 Å². The van der Waals surface area contributed by atoms with Crippen LogP contribution in [0.25, 0.3) is 0 Å². The van der Waals surface area contributed by atoms with Crippen LogP contribution >= 0.6 is 0 Å². The SMILES string of the molecule is O=Nc1cc(NS(=O)(=O)c2ccccc2)ccc1NCC1CC1. The first-order chi connectivity index (χ1) is 11.1. The number of hydrogen-bond donors (Lipinski definition) is 2. The van der Waals surface area contributed by atoms with E-state index in [0.29, 0.717) is 17.3 Å². The minimum Gasteiger partial charge on any atom is -0.383 e. The Morgan fingerprint density at radius 3 is 2.48 bits per heavy atom. The topological polar surface area (TPSA) is 87.6 Å². The Morgan fingerprint density at radius 2 is 1.83 bits per heavy atom. The number of sulfonamides is 1. The number of nitroso groups, excluding NO2 is 1. The van der Waals surface area contributed by atoms with Crippen molar-refractivity contribution in [3.8, 4) is 0 Å². The lowest BCUT2D eigenvalue weighted by Gasteiger charge is -2.11. The van der Waals surface area contributed by atoms with Gasteiger partial charge in [0.25, 0.3) is 10.0 Å². The van der Waals surface area contributed by atoms with E-state index in [0.717, 1.165) is 6.54 Å². The van der Waals surface area contributed by atoms with Gasteiger partial charge in [0.05, 0.1) is 16.3 Å². The summed E-state index contributed by atoms with van der Waals surface area (Å²) in [6.45, 7) is 0.803. The van der Waals surface area contributed by atoms with Crippen LogP contribution in [0.1, 0.15) is 12.8 Å². The predicted molar refractivity (Wildman–Crippen MR) is 90.4 cm³/mol. The van der Waals surface area contributed by atoms with Crippen molar-refractivity contribution in [3.63, 3.8) is 0 Å². The average molecular weight is 331 g/mol. The molecule has 1 aliphatic carbocycles. The molecule has 0 amide bonds. The molecule has 2 N–H and O–H groups in total. The molecule has 0 heterocycles. The van der Waals surface area contributed by atoms with E-state index >= 15 is 0 Å². The fraction of sp³-hybridized carbons (Fsp3) is 0.250. The van der Waals surface area contributed by atoms with Gasteiger partial charge in [-0.1, -0.05) is 18.2 Å². The monoisotopic (exact) mass is 331 g/mol. The molecule has 2 aromatic rings. The molecule has 120 valence electrons. The van der Waals surface area contributed by atoms with Crippen LogP contribution in [0, 0.1) is 10.8 Å². The number of nitrogens with one attached hydrogen (secondary N) is 2. The second kappa shape index (κ2) is 6.37. The Kier molecular flexibility index (Phi) is 4.29. The molecular formula is C16H17N3O3S. The normalized spacial score (nSPS) is 14.3. The summed E-state index contributed by atoms with van der Waals surface area (Å²) in [7, 11) is -3.68. The number of hydrogen-bond acceptors (Lipinski definition) is 5. The summed E-state index contributed by atoms with van der Waals surface area (Å²) in [6, 6.07) is 12.8. The first-order valence-corrected chi connectivity index (χ1v) is 8.86. The Labute approximate surface area is 134 Å². The van der Waals surface area contributed by atoms with Crippen LogP contribution in [0.2, 0.25) is 0 Å². The standard InChI is InChI=1S/C16H17N3O3S/c20-18-16-10-13(8-9-15(16)17-11-12-6-7-12)19-23(21,22)14-4-2-1-3-5-14/h1-5,8-10,12,17,19H,6-7,11H2. The van der Waals surface area contributed by atoms with Crippen LogP contribution in [0.5, 0.6) is 0 Å². The molecular weight excluding hydrogens is 314 g/mol. The molecule has 1 fully saturated rings. The van der Waals surface area contributed by atoms with E-state index < -0.39 is 10.0 Å². The van der Waals surface area contributed by atoms with Gasteiger partial charge in [0.1, 0.15) is 5.69 Å². The maximum Gasteiger partial charge on any atom is 0.261 e. The summed E-state index contributed by atoms with van der Waals surface area (Å²) in [4.78, 5) is 11.2. The largest absolute Gasteiger partial charge is 0.383 e. The minimum atomic E-state index is -3.68. The van der Waals surface area contributed by atoms with E-state index in [2.05, 4.69) is 15.2 Å². The molecule has 23 heavy (non-hydrogen) atoms. The molecule has 0 aliphatic heterocycles. The Hall–Kier alpha value is -2.41. The van der Waals surface area contributed by atoms with Crippen LogP contribution in [0.4, 0.5) is 17.1 Å². The second-order valence-corrected chi connectivity index (χ2v) is 7.25. The fourth-order valence-electron chi connectivity index (χ4n) is 2.21. The van der Waals surface area contributed by atoms with Gasteiger partial charge in [-0.25, -0.2) is 8.42 Å². The summed E-state index contributed by atoms with van der Waals surface area (Å²) in [5.41, 5.74) is 1.12. The van der Waals surface area contributed by atoms with Crippen LogP contribution < -0.4 is 10.0 Å². The van der Waals surface area contributed by atoms with Crippen LogP contribution in [-0.2, 0) is 10.0 Å². The van der Waals surface area contributed by atoms with E-state index in [1.54, 1.807) is 30.3 Å². The molecule has 0 atom stereocenters. The van der Waals surface area contributed by atoms with Crippen molar-refractivity contribution in [1.29, 1.82) is 0 Å². The second-order valence-electron chi connectivity index (χ2n) is 5.57. The number of benzene rings is 2. The first-order valence-electron chi connectivity index (χ1n) is 7.37. The fourth-order valence-corrected chi connectivity index (χ4v) is 3.28. The Morgan fingerprint density at radius 1 is 1.09 bits per heavy atom. The van der Waals surface area contributed by atoms with Gasteiger partial charge < -0.3 is 5.32 Å². The zero-order valence-electron chi connectivity index (χ0n) is 12.4. The van der Waals surface area contributed by atoms with Gasteiger partial charge in [-0.3, -0.25) is 4.72 Å². The highest BCUT2D eigenvalue weighted by atomic mass is 32.2. The third-order valence-corrected chi connectivity index (χ3v) is 5.08. The Balaban J connectivity index is 1.78. The summed E-state index contributed by atoms with van der Waals surface area (Å²) < 4.78 is 27.0. The van der Waals surface area contributed by atoms with Gasteiger partial charge in [0.15, 0.2) is 0 Å². The van der Waals surface area contributed by atoms with Crippen molar-refractivity contribution in [2.75, 3.05) is 16.6 Å². The van der Waals surface area contributed by atoms with Crippen LogP contribution in [-0.4, -0.2) is 15.0 Å². The number of rotatable bonds is 7. The highest BCUT2D eigenvalue weighted by Gasteiger charge is 2.21. The highest BCUT2D eigenvalue weighted by molar-refractivity contribution is 7.92. The van der Waals surface area contributed by atoms with E-state index in [4.69, 9.17) is 0 Å². The maximum atomic E-state index is 12.3. The Bertz CT molecular complexity index is 803. The molecule has 2 aromatic carbocycles. The van der Waals surface area contributed by atoms with Gasteiger partial charge in [-0.05, 0) is 54.3 Å². The number of anilines is 2. The van der Waals surface area contributed by atoms with Gasteiger partial charge in [0.2, 0.25) is 0 Å². The van der Waals surface area contributed by atoms with Crippen molar-refractivity contribution < 1.29 is 8.42 Å². The van der Waals surface area contributed by atoms with Crippen molar-refractivity contribution in [1.82, 2.24) is 0 Å². The zero-order chi connectivity index (χ0) is 16.3. The van der Waals surface area contributed by atoms with Crippen molar-refractivity contribution in [2.24, 2.45) is 11.1 Å². The summed E-state index contributed by atoms with van der Waals surface area (Å²) in [5, 5.41) is 6.16. The highest BCUT2D eigenvalue weighted by Crippen LogP contribution is 2.33.